The van der Waals surface area contributed by atoms with E-state index in [0.717, 1.165) is 6.42 Å². The molecule has 1 heteroatoms. The lowest BCUT2D eigenvalue weighted by molar-refractivity contribution is 0.234. The van der Waals surface area contributed by atoms with Crippen molar-refractivity contribution in [2.24, 2.45) is 0 Å². The van der Waals surface area contributed by atoms with Crippen LogP contribution in [-0.2, 0) is 4.74 Å². The Labute approximate surface area is 50.7 Å². The summed E-state index contributed by atoms with van der Waals surface area (Å²) in [5, 5.41) is 0. The Hall–Kier alpha value is -0.520. The fraction of sp³-hybridized carbons (Fsp3) is 0.571. The number of ether oxygens (including phenoxy) is 1. The van der Waals surface area contributed by atoms with Crippen LogP contribution >= 0.6 is 0 Å². The summed E-state index contributed by atoms with van der Waals surface area (Å²) in [6.07, 6.45) is 4.88. The molecule has 0 saturated carbocycles. The fourth-order valence-corrected chi connectivity index (χ4v) is 0.333. The Bertz CT molecular complexity index is 88.6. The summed E-state index contributed by atoms with van der Waals surface area (Å²) in [7, 11) is 1.67. The second kappa shape index (κ2) is 6.48. The first-order valence-electron chi connectivity index (χ1n) is 2.80. The van der Waals surface area contributed by atoms with Gasteiger partial charge in [-0.3, -0.25) is 0 Å². The third kappa shape index (κ3) is 5.48. The van der Waals surface area contributed by atoms with Gasteiger partial charge in [0.25, 0.3) is 0 Å². The highest BCUT2D eigenvalue weighted by atomic mass is 16.5. The maximum atomic E-state index is 4.75. The summed E-state index contributed by atoms with van der Waals surface area (Å²) in [4.78, 5) is 0. The molecule has 0 N–H and O–H groups in total. The van der Waals surface area contributed by atoms with Crippen LogP contribution in [0.5, 0.6) is 0 Å². The molecule has 0 aliphatic heterocycles. The number of methoxy groups -OCH3 is 1. The van der Waals surface area contributed by atoms with E-state index in [9.17, 15) is 0 Å². The van der Waals surface area contributed by atoms with Crippen molar-refractivity contribution >= 4 is 0 Å². The van der Waals surface area contributed by atoms with Crippen LogP contribution in [0, 0.1) is 0 Å². The standard InChI is InChI=1S/C7H12O/c1-3-4-5-6-7-8-2/h4,6H,3,7H2,1-2H3. The lowest BCUT2D eigenvalue weighted by atomic mass is 10.4. The van der Waals surface area contributed by atoms with Crippen LogP contribution in [0.15, 0.2) is 17.9 Å². The Balaban J connectivity index is 3.18. The van der Waals surface area contributed by atoms with Gasteiger partial charge in [0, 0.05) is 7.11 Å². The van der Waals surface area contributed by atoms with Crippen LogP contribution in [0.25, 0.3) is 0 Å². The van der Waals surface area contributed by atoms with E-state index in [4.69, 9.17) is 4.74 Å². The first-order chi connectivity index (χ1) is 3.91. The average molecular weight is 112 g/mol. The predicted octanol–water partition coefficient (Wildman–Crippen LogP) is 1.75. The number of rotatable bonds is 3. The van der Waals surface area contributed by atoms with E-state index in [1.165, 1.54) is 0 Å². The predicted molar refractivity (Wildman–Crippen MR) is 34.8 cm³/mol. The van der Waals surface area contributed by atoms with Crippen LogP contribution in [-0.4, -0.2) is 13.7 Å². The summed E-state index contributed by atoms with van der Waals surface area (Å²) in [5.41, 5.74) is 2.96. The highest BCUT2D eigenvalue weighted by Gasteiger charge is 1.64. The fourth-order valence-electron chi connectivity index (χ4n) is 0.333. The molecule has 0 heterocycles. The van der Waals surface area contributed by atoms with Crippen LogP contribution < -0.4 is 0 Å². The molecule has 0 bridgehead atoms. The van der Waals surface area contributed by atoms with Crippen molar-refractivity contribution in [1.29, 1.82) is 0 Å². The first kappa shape index (κ1) is 7.48. The maximum Gasteiger partial charge on any atom is 0.0717 e. The monoisotopic (exact) mass is 112 g/mol. The minimum atomic E-state index is 0.663. The molecule has 0 aromatic rings. The van der Waals surface area contributed by atoms with Gasteiger partial charge >= 0.3 is 0 Å². The molecule has 46 valence electrons. The molecular formula is C7H12O. The van der Waals surface area contributed by atoms with Gasteiger partial charge in [0.15, 0.2) is 0 Å². The Morgan fingerprint density at radius 2 is 2.25 bits per heavy atom. The van der Waals surface area contributed by atoms with Crippen LogP contribution in [0.3, 0.4) is 0 Å². The van der Waals surface area contributed by atoms with Crippen molar-refractivity contribution in [2.75, 3.05) is 13.7 Å². The molecule has 0 rings (SSSR count). The lowest BCUT2D eigenvalue weighted by Gasteiger charge is -1.80. The molecule has 0 spiro atoms. The summed E-state index contributed by atoms with van der Waals surface area (Å²) in [6.45, 7) is 2.74. The van der Waals surface area contributed by atoms with Crippen LogP contribution in [0.1, 0.15) is 13.3 Å². The Morgan fingerprint density at radius 3 is 2.75 bits per heavy atom. The third-order valence-corrected chi connectivity index (χ3v) is 0.690. The van der Waals surface area contributed by atoms with Gasteiger partial charge in [-0.1, -0.05) is 6.92 Å². The highest BCUT2D eigenvalue weighted by Crippen LogP contribution is 1.74. The van der Waals surface area contributed by atoms with Crippen molar-refractivity contribution in [3.8, 4) is 0 Å². The SMILES string of the molecule is CCC=C=CCOC. The van der Waals surface area contributed by atoms with Gasteiger partial charge in [0.05, 0.1) is 6.61 Å². The molecule has 0 aliphatic rings. The molecule has 0 amide bonds. The second-order valence-corrected chi connectivity index (χ2v) is 1.44. The van der Waals surface area contributed by atoms with E-state index in [1.54, 1.807) is 7.11 Å². The molecule has 0 aromatic carbocycles. The zero-order chi connectivity index (χ0) is 6.24. The molecule has 1 nitrogen and oxygen atoms in total. The van der Waals surface area contributed by atoms with Gasteiger partial charge in [-0.2, -0.15) is 0 Å². The highest BCUT2D eigenvalue weighted by molar-refractivity contribution is 4.83. The Morgan fingerprint density at radius 1 is 1.50 bits per heavy atom. The summed E-state index contributed by atoms with van der Waals surface area (Å²) in [5.74, 6) is 0. The normalized spacial score (nSPS) is 7.75. The maximum absolute atomic E-state index is 4.75. The molecule has 0 fully saturated rings. The molecule has 0 aliphatic carbocycles. The number of hydrogen-bond acceptors (Lipinski definition) is 1. The van der Waals surface area contributed by atoms with E-state index in [1.807, 2.05) is 12.2 Å². The van der Waals surface area contributed by atoms with E-state index in [0.29, 0.717) is 6.61 Å². The quantitative estimate of drug-likeness (QED) is 0.505. The number of hydrogen-bond donors (Lipinski definition) is 0. The van der Waals surface area contributed by atoms with Crippen molar-refractivity contribution in [3.63, 3.8) is 0 Å². The first-order valence-corrected chi connectivity index (χ1v) is 2.80. The van der Waals surface area contributed by atoms with E-state index >= 15 is 0 Å². The van der Waals surface area contributed by atoms with E-state index in [-0.39, 0.29) is 0 Å². The van der Waals surface area contributed by atoms with Crippen LogP contribution in [0.4, 0.5) is 0 Å². The minimum Gasteiger partial charge on any atom is -0.380 e. The smallest absolute Gasteiger partial charge is 0.0717 e. The minimum absolute atomic E-state index is 0.663. The molecule has 0 saturated heterocycles. The molecule has 0 radical (unpaired) electrons. The van der Waals surface area contributed by atoms with Crippen molar-refractivity contribution < 1.29 is 4.74 Å². The summed E-state index contributed by atoms with van der Waals surface area (Å²) in [6, 6.07) is 0. The van der Waals surface area contributed by atoms with E-state index < -0.39 is 0 Å². The van der Waals surface area contributed by atoms with Crippen molar-refractivity contribution in [3.05, 3.63) is 17.9 Å². The van der Waals surface area contributed by atoms with Gasteiger partial charge in [0.2, 0.25) is 0 Å². The Kier molecular flexibility index (Phi) is 6.06. The zero-order valence-electron chi connectivity index (χ0n) is 5.48. The van der Waals surface area contributed by atoms with Gasteiger partial charge in [-0.05, 0) is 18.6 Å². The summed E-state index contributed by atoms with van der Waals surface area (Å²) < 4.78 is 4.75. The van der Waals surface area contributed by atoms with Gasteiger partial charge in [0.1, 0.15) is 0 Å². The van der Waals surface area contributed by atoms with Crippen LogP contribution in [0.2, 0.25) is 0 Å². The van der Waals surface area contributed by atoms with E-state index in [2.05, 4.69) is 12.7 Å². The van der Waals surface area contributed by atoms with Gasteiger partial charge in [-0.25, -0.2) is 0 Å². The molecule has 0 unspecified atom stereocenters. The zero-order valence-corrected chi connectivity index (χ0v) is 5.48. The summed E-state index contributed by atoms with van der Waals surface area (Å²) >= 11 is 0. The lowest BCUT2D eigenvalue weighted by Crippen LogP contribution is -1.77. The molecular weight excluding hydrogens is 100 g/mol. The molecule has 8 heavy (non-hydrogen) atoms. The molecule has 0 atom stereocenters. The van der Waals surface area contributed by atoms with Gasteiger partial charge in [-0.15, -0.1) is 5.73 Å². The van der Waals surface area contributed by atoms with Gasteiger partial charge < -0.3 is 4.74 Å². The van der Waals surface area contributed by atoms with Crippen molar-refractivity contribution in [1.82, 2.24) is 0 Å². The van der Waals surface area contributed by atoms with Crippen molar-refractivity contribution in [2.45, 2.75) is 13.3 Å². The third-order valence-electron chi connectivity index (χ3n) is 0.690. The topological polar surface area (TPSA) is 9.23 Å². The average Bonchev–Trinajstić information content (AvgIpc) is 1.81. The largest absolute Gasteiger partial charge is 0.380 e. The molecule has 0 aromatic heterocycles. The second-order valence-electron chi connectivity index (χ2n) is 1.44.